The molecule has 1 aliphatic rings. The number of benzene rings is 1. The Balaban J connectivity index is 2.11. The second kappa shape index (κ2) is 6.39. The van der Waals surface area contributed by atoms with Gasteiger partial charge in [-0.15, -0.1) is 0 Å². The maximum Gasteiger partial charge on any atom is 0.349 e. The van der Waals surface area contributed by atoms with Crippen LogP contribution < -0.4 is 10.1 Å². The molecular weight excluding hydrogens is 326 g/mol. The number of imide groups is 1. The number of hydrogen-bond acceptors (Lipinski definition) is 5. The molecular formula is C17H23NO5Si. The highest BCUT2D eigenvalue weighted by molar-refractivity contribution is 6.76. The van der Waals surface area contributed by atoms with Gasteiger partial charge in [-0.25, -0.2) is 4.79 Å². The van der Waals surface area contributed by atoms with Gasteiger partial charge in [-0.2, -0.15) is 0 Å². The zero-order chi connectivity index (χ0) is 18.1. The fraction of sp³-hybridized carbons (Fsp3) is 0.471. The number of amides is 2. The molecule has 0 saturated heterocycles. The van der Waals surface area contributed by atoms with Gasteiger partial charge in [0, 0.05) is 8.07 Å². The average Bonchev–Trinajstić information content (AvgIpc) is 2.73. The Bertz CT molecular complexity index is 691. The Hall–Kier alpha value is -2.15. The molecule has 7 heteroatoms. The summed E-state index contributed by atoms with van der Waals surface area (Å²) in [5.74, 6) is -1.28. The van der Waals surface area contributed by atoms with Crippen LogP contribution in [0.3, 0.4) is 0 Å². The molecule has 2 amide bonds. The van der Waals surface area contributed by atoms with Crippen molar-refractivity contribution in [3.63, 3.8) is 0 Å². The molecule has 0 spiro atoms. The lowest BCUT2D eigenvalue weighted by Gasteiger charge is -2.26. The van der Waals surface area contributed by atoms with Crippen LogP contribution in [0.4, 0.5) is 0 Å². The minimum Gasteiger partial charge on any atom is -0.475 e. The van der Waals surface area contributed by atoms with Crippen LogP contribution in [0, 0.1) is 0 Å². The fourth-order valence-electron chi connectivity index (χ4n) is 2.21. The predicted octanol–water partition coefficient (Wildman–Crippen LogP) is 2.61. The molecule has 1 aromatic carbocycles. The van der Waals surface area contributed by atoms with E-state index >= 15 is 0 Å². The molecule has 0 aliphatic carbocycles. The van der Waals surface area contributed by atoms with Gasteiger partial charge in [0.1, 0.15) is 5.75 Å². The maximum absolute atomic E-state index is 12.3. The topological polar surface area (TPSA) is 81.7 Å². The van der Waals surface area contributed by atoms with Crippen LogP contribution in [0.2, 0.25) is 25.7 Å². The van der Waals surface area contributed by atoms with Crippen molar-refractivity contribution in [2.45, 2.75) is 45.1 Å². The molecule has 2 rings (SSSR count). The number of rotatable bonds is 6. The van der Waals surface area contributed by atoms with Crippen LogP contribution in [0.1, 0.15) is 34.6 Å². The molecule has 1 aliphatic heterocycles. The van der Waals surface area contributed by atoms with Gasteiger partial charge in [0.15, 0.2) is 5.60 Å². The van der Waals surface area contributed by atoms with Crippen molar-refractivity contribution < 1.29 is 23.9 Å². The average molecular weight is 349 g/mol. The zero-order valence-electron chi connectivity index (χ0n) is 14.7. The molecule has 0 radical (unpaired) electrons. The van der Waals surface area contributed by atoms with Crippen molar-refractivity contribution in [3.8, 4) is 5.75 Å². The molecule has 1 heterocycles. The number of hydrogen-bond donors (Lipinski definition) is 1. The largest absolute Gasteiger partial charge is 0.475 e. The summed E-state index contributed by atoms with van der Waals surface area (Å²) in [7, 11) is -1.30. The first-order valence-corrected chi connectivity index (χ1v) is 11.6. The first kappa shape index (κ1) is 18.2. The monoisotopic (exact) mass is 349 g/mol. The quantitative estimate of drug-likeness (QED) is 0.485. The van der Waals surface area contributed by atoms with Crippen LogP contribution in [0.5, 0.6) is 5.75 Å². The zero-order valence-corrected chi connectivity index (χ0v) is 15.7. The highest BCUT2D eigenvalue weighted by Crippen LogP contribution is 2.29. The third-order valence-electron chi connectivity index (χ3n) is 3.67. The van der Waals surface area contributed by atoms with E-state index in [1.165, 1.54) is 0 Å². The van der Waals surface area contributed by atoms with Gasteiger partial charge in [-0.05, 0) is 32.0 Å². The minimum absolute atomic E-state index is 0.158. The number of fused-ring (bicyclic) bond motifs is 1. The lowest BCUT2D eigenvalue weighted by Crippen LogP contribution is -2.40. The summed E-state index contributed by atoms with van der Waals surface area (Å²) in [4.78, 5) is 35.9. The smallest absolute Gasteiger partial charge is 0.349 e. The minimum atomic E-state index is -1.30. The van der Waals surface area contributed by atoms with E-state index in [9.17, 15) is 14.4 Å². The van der Waals surface area contributed by atoms with Gasteiger partial charge < -0.3 is 9.47 Å². The molecule has 24 heavy (non-hydrogen) atoms. The maximum atomic E-state index is 12.3. The summed E-state index contributed by atoms with van der Waals surface area (Å²) in [6.45, 7) is 10.1. The van der Waals surface area contributed by atoms with E-state index in [0.717, 1.165) is 6.04 Å². The number of ether oxygens (including phenoxy) is 2. The summed E-state index contributed by atoms with van der Waals surface area (Å²) < 4.78 is 11.1. The standard InChI is InChI=1S/C17H23NO5Si/c1-17(2,16(21)22-9-10-24(3,4)5)23-12-8-6-7-11-13(12)15(20)18-14(11)19/h6-8H,9-10H2,1-5H3,(H,18,19,20). The first-order valence-electron chi connectivity index (χ1n) is 7.86. The van der Waals surface area contributed by atoms with Crippen LogP contribution in [0.25, 0.3) is 0 Å². The Morgan fingerprint density at radius 3 is 2.46 bits per heavy atom. The summed E-state index contributed by atoms with van der Waals surface area (Å²) in [6, 6.07) is 5.58. The Morgan fingerprint density at radius 2 is 1.83 bits per heavy atom. The van der Waals surface area contributed by atoms with E-state index in [1.54, 1.807) is 32.0 Å². The van der Waals surface area contributed by atoms with Gasteiger partial charge in [0.05, 0.1) is 17.7 Å². The number of carbonyl (C=O) groups is 3. The van der Waals surface area contributed by atoms with E-state index in [2.05, 4.69) is 25.0 Å². The summed E-state index contributed by atoms with van der Waals surface area (Å²) in [5, 5.41) is 2.22. The van der Waals surface area contributed by atoms with Crippen molar-refractivity contribution in [1.82, 2.24) is 5.32 Å². The molecule has 130 valence electrons. The van der Waals surface area contributed by atoms with E-state index in [4.69, 9.17) is 9.47 Å². The third-order valence-corrected chi connectivity index (χ3v) is 5.37. The molecule has 0 bridgehead atoms. The van der Waals surface area contributed by atoms with Crippen LogP contribution in [0.15, 0.2) is 18.2 Å². The molecule has 6 nitrogen and oxygen atoms in total. The van der Waals surface area contributed by atoms with Crippen molar-refractivity contribution in [2.24, 2.45) is 0 Å². The Kier molecular flexibility index (Phi) is 4.84. The highest BCUT2D eigenvalue weighted by Gasteiger charge is 2.36. The number of carbonyl (C=O) groups excluding carboxylic acids is 3. The van der Waals surface area contributed by atoms with Gasteiger partial charge in [0.2, 0.25) is 0 Å². The molecule has 0 aromatic heterocycles. The molecule has 0 saturated carbocycles. The van der Waals surface area contributed by atoms with Gasteiger partial charge in [-0.3, -0.25) is 14.9 Å². The van der Waals surface area contributed by atoms with Gasteiger partial charge >= 0.3 is 5.97 Å². The van der Waals surface area contributed by atoms with Crippen LogP contribution in [-0.4, -0.2) is 38.1 Å². The van der Waals surface area contributed by atoms with Crippen LogP contribution in [-0.2, 0) is 9.53 Å². The fourth-order valence-corrected chi connectivity index (χ4v) is 2.93. The third kappa shape index (κ3) is 4.03. The summed E-state index contributed by atoms with van der Waals surface area (Å²) >= 11 is 0. The molecule has 1 N–H and O–H groups in total. The lowest BCUT2D eigenvalue weighted by molar-refractivity contribution is -0.158. The molecule has 1 aromatic rings. The first-order chi connectivity index (χ1) is 11.0. The van der Waals surface area contributed by atoms with E-state index < -0.39 is 31.5 Å². The Labute approximate surface area is 142 Å². The van der Waals surface area contributed by atoms with Crippen molar-refractivity contribution in [2.75, 3.05) is 6.61 Å². The highest BCUT2D eigenvalue weighted by atomic mass is 28.3. The number of esters is 1. The summed E-state index contributed by atoms with van der Waals surface area (Å²) in [5.41, 5.74) is -0.855. The Morgan fingerprint density at radius 1 is 1.17 bits per heavy atom. The predicted molar refractivity (Wildman–Crippen MR) is 92.1 cm³/mol. The molecule has 0 atom stereocenters. The van der Waals surface area contributed by atoms with E-state index in [-0.39, 0.29) is 16.9 Å². The summed E-state index contributed by atoms with van der Waals surface area (Å²) in [6.07, 6.45) is 0. The molecule has 0 unspecified atom stereocenters. The SMILES string of the molecule is CC(C)(Oc1cccc2c1C(=O)NC2=O)C(=O)OCC[Si](C)(C)C. The van der Waals surface area contributed by atoms with E-state index in [0.29, 0.717) is 6.61 Å². The van der Waals surface area contributed by atoms with Crippen molar-refractivity contribution in [3.05, 3.63) is 29.3 Å². The second-order valence-electron chi connectivity index (χ2n) is 7.52. The second-order valence-corrected chi connectivity index (χ2v) is 13.1. The number of nitrogens with one attached hydrogen (secondary N) is 1. The van der Waals surface area contributed by atoms with Crippen molar-refractivity contribution in [1.29, 1.82) is 0 Å². The van der Waals surface area contributed by atoms with Gasteiger partial charge in [0.25, 0.3) is 11.8 Å². The van der Waals surface area contributed by atoms with Crippen LogP contribution >= 0.6 is 0 Å². The van der Waals surface area contributed by atoms with Crippen molar-refractivity contribution >= 4 is 25.9 Å². The van der Waals surface area contributed by atoms with E-state index in [1.807, 2.05) is 0 Å². The normalized spacial score (nSPS) is 14.2. The lowest BCUT2D eigenvalue weighted by atomic mass is 10.1. The van der Waals surface area contributed by atoms with Gasteiger partial charge in [-0.1, -0.05) is 25.7 Å². The molecule has 0 fully saturated rings.